The third-order valence-electron chi connectivity index (χ3n) is 4.16. The maximum atomic E-state index is 11.3. The average Bonchev–Trinajstić information content (AvgIpc) is 2.34. The van der Waals surface area contributed by atoms with Crippen molar-refractivity contribution in [3.8, 4) is 0 Å². The Hall–Kier alpha value is -0.610. The van der Waals surface area contributed by atoms with Crippen LogP contribution < -0.4 is 11.1 Å². The molecule has 0 heterocycles. The molecule has 1 rings (SSSR count). The third kappa shape index (κ3) is 4.58. The van der Waals surface area contributed by atoms with Crippen LogP contribution in [0.4, 0.5) is 0 Å². The Morgan fingerprint density at radius 1 is 1.50 bits per heavy atom. The number of nitrogens with two attached hydrogens (primary N) is 1. The second kappa shape index (κ2) is 7.10. The molecule has 0 aromatic carbocycles. The smallest absolute Gasteiger partial charge is 0.237 e. The Bertz CT molecular complexity index is 271. The van der Waals surface area contributed by atoms with Crippen LogP contribution in [-0.4, -0.2) is 31.2 Å². The van der Waals surface area contributed by atoms with Gasteiger partial charge in [-0.3, -0.25) is 4.79 Å². The molecule has 0 radical (unpaired) electrons. The highest BCUT2D eigenvalue weighted by Crippen LogP contribution is 2.26. The normalized spacial score (nSPS) is 27.7. The van der Waals surface area contributed by atoms with Gasteiger partial charge in [-0.2, -0.15) is 0 Å². The predicted molar refractivity (Wildman–Crippen MR) is 73.3 cm³/mol. The summed E-state index contributed by atoms with van der Waals surface area (Å²) in [5, 5.41) is 2.99. The van der Waals surface area contributed by atoms with Crippen LogP contribution in [0.2, 0.25) is 0 Å². The summed E-state index contributed by atoms with van der Waals surface area (Å²) >= 11 is 0. The molecule has 106 valence electrons. The number of nitrogens with one attached hydrogen (secondary N) is 1. The number of amides is 1. The van der Waals surface area contributed by atoms with Gasteiger partial charge in [0.15, 0.2) is 0 Å². The van der Waals surface area contributed by atoms with Crippen molar-refractivity contribution in [2.75, 3.05) is 13.7 Å². The number of rotatable bonds is 7. The largest absolute Gasteiger partial charge is 0.378 e. The summed E-state index contributed by atoms with van der Waals surface area (Å²) < 4.78 is 5.89. The van der Waals surface area contributed by atoms with Crippen molar-refractivity contribution in [1.82, 2.24) is 5.32 Å². The van der Waals surface area contributed by atoms with Crippen LogP contribution in [0, 0.1) is 5.92 Å². The van der Waals surface area contributed by atoms with Crippen molar-refractivity contribution in [1.29, 1.82) is 0 Å². The minimum atomic E-state index is -0.608. The zero-order valence-electron chi connectivity index (χ0n) is 12.0. The Balaban J connectivity index is 2.19. The molecule has 3 atom stereocenters. The molecule has 18 heavy (non-hydrogen) atoms. The third-order valence-corrected chi connectivity index (χ3v) is 4.16. The lowest BCUT2D eigenvalue weighted by Gasteiger charge is -2.28. The summed E-state index contributed by atoms with van der Waals surface area (Å²) in [7, 11) is 1.77. The van der Waals surface area contributed by atoms with Gasteiger partial charge in [0.1, 0.15) is 0 Å². The molecule has 3 N–H and O–H groups in total. The summed E-state index contributed by atoms with van der Waals surface area (Å²) in [5.41, 5.74) is 4.77. The van der Waals surface area contributed by atoms with E-state index in [1.54, 1.807) is 7.05 Å². The van der Waals surface area contributed by atoms with Crippen LogP contribution in [0.3, 0.4) is 0 Å². The molecule has 0 aromatic heterocycles. The fourth-order valence-electron chi connectivity index (χ4n) is 2.58. The van der Waals surface area contributed by atoms with Crippen molar-refractivity contribution in [3.05, 3.63) is 0 Å². The first-order valence-electron chi connectivity index (χ1n) is 7.08. The predicted octanol–water partition coefficient (Wildman–Crippen LogP) is 1.83. The van der Waals surface area contributed by atoms with Crippen LogP contribution in [0.5, 0.6) is 0 Å². The summed E-state index contributed by atoms with van der Waals surface area (Å²) in [5.74, 6) is 0.494. The Labute approximate surface area is 111 Å². The van der Waals surface area contributed by atoms with E-state index in [4.69, 9.17) is 10.5 Å². The SMILES string of the molecule is CNC(C)(CCCOC1CCCC(C)C1)C(N)=O. The van der Waals surface area contributed by atoms with Crippen LogP contribution in [0.1, 0.15) is 52.4 Å². The van der Waals surface area contributed by atoms with E-state index in [-0.39, 0.29) is 5.91 Å². The van der Waals surface area contributed by atoms with E-state index in [1.807, 2.05) is 6.92 Å². The van der Waals surface area contributed by atoms with E-state index in [9.17, 15) is 4.79 Å². The lowest BCUT2D eigenvalue weighted by Crippen LogP contribution is -2.51. The number of hydrogen-bond donors (Lipinski definition) is 2. The summed E-state index contributed by atoms with van der Waals surface area (Å²) in [6.45, 7) is 4.86. The van der Waals surface area contributed by atoms with Gasteiger partial charge in [0.25, 0.3) is 0 Å². The number of likely N-dealkylation sites (N-methyl/N-ethyl adjacent to an activating group) is 1. The number of hydrogen-bond acceptors (Lipinski definition) is 3. The standard InChI is InChI=1S/C14H28N2O2/c1-11-6-4-7-12(10-11)18-9-5-8-14(2,16-3)13(15)17/h11-12,16H,4-10H2,1-3H3,(H2,15,17). The van der Waals surface area contributed by atoms with E-state index >= 15 is 0 Å². The zero-order valence-corrected chi connectivity index (χ0v) is 12.0. The van der Waals surface area contributed by atoms with Crippen LogP contribution in [0.15, 0.2) is 0 Å². The molecule has 4 heteroatoms. The number of carbonyl (C=O) groups is 1. The first-order chi connectivity index (χ1) is 8.48. The lowest BCUT2D eigenvalue weighted by atomic mass is 9.88. The maximum Gasteiger partial charge on any atom is 0.237 e. The van der Waals surface area contributed by atoms with Crippen LogP contribution in [0.25, 0.3) is 0 Å². The molecule has 1 aliphatic carbocycles. The van der Waals surface area contributed by atoms with Gasteiger partial charge < -0.3 is 15.8 Å². The molecule has 3 unspecified atom stereocenters. The van der Waals surface area contributed by atoms with E-state index in [1.165, 1.54) is 25.7 Å². The van der Waals surface area contributed by atoms with Gasteiger partial charge >= 0.3 is 0 Å². The van der Waals surface area contributed by atoms with Crippen molar-refractivity contribution in [2.45, 2.75) is 64.0 Å². The van der Waals surface area contributed by atoms with E-state index in [0.29, 0.717) is 6.10 Å². The monoisotopic (exact) mass is 256 g/mol. The highest BCUT2D eigenvalue weighted by molar-refractivity contribution is 5.84. The van der Waals surface area contributed by atoms with Gasteiger partial charge in [-0.25, -0.2) is 0 Å². The van der Waals surface area contributed by atoms with Gasteiger partial charge in [-0.1, -0.05) is 19.8 Å². The molecule has 4 nitrogen and oxygen atoms in total. The molecule has 0 saturated heterocycles. The van der Waals surface area contributed by atoms with E-state index in [2.05, 4.69) is 12.2 Å². The second-order valence-corrected chi connectivity index (χ2v) is 5.81. The van der Waals surface area contributed by atoms with Crippen molar-refractivity contribution >= 4 is 5.91 Å². The minimum Gasteiger partial charge on any atom is -0.378 e. The molecular formula is C14H28N2O2. The molecule has 1 aliphatic rings. The molecule has 0 bridgehead atoms. The fraction of sp³-hybridized carbons (Fsp3) is 0.929. The topological polar surface area (TPSA) is 64.3 Å². The quantitative estimate of drug-likeness (QED) is 0.683. The number of carbonyl (C=O) groups excluding carboxylic acids is 1. The van der Waals surface area contributed by atoms with Gasteiger partial charge in [0.05, 0.1) is 11.6 Å². The van der Waals surface area contributed by atoms with E-state index in [0.717, 1.165) is 25.4 Å². The Kier molecular flexibility index (Phi) is 6.09. The molecule has 0 aromatic rings. The van der Waals surface area contributed by atoms with Gasteiger partial charge in [-0.05, 0) is 45.6 Å². The zero-order chi connectivity index (χ0) is 13.6. The summed E-state index contributed by atoms with van der Waals surface area (Å²) in [6.07, 6.45) is 6.98. The summed E-state index contributed by atoms with van der Waals surface area (Å²) in [4.78, 5) is 11.3. The molecule has 1 amide bonds. The van der Waals surface area contributed by atoms with Gasteiger partial charge in [0, 0.05) is 6.61 Å². The molecular weight excluding hydrogens is 228 g/mol. The minimum absolute atomic E-state index is 0.295. The van der Waals surface area contributed by atoms with Crippen molar-refractivity contribution in [3.63, 3.8) is 0 Å². The first-order valence-corrected chi connectivity index (χ1v) is 7.08. The average molecular weight is 256 g/mol. The summed E-state index contributed by atoms with van der Waals surface area (Å²) in [6, 6.07) is 0. The highest BCUT2D eigenvalue weighted by Gasteiger charge is 2.28. The van der Waals surface area contributed by atoms with Gasteiger partial charge in [0.2, 0.25) is 5.91 Å². The maximum absolute atomic E-state index is 11.3. The number of ether oxygens (including phenoxy) is 1. The Morgan fingerprint density at radius 2 is 2.22 bits per heavy atom. The highest BCUT2D eigenvalue weighted by atomic mass is 16.5. The fourth-order valence-corrected chi connectivity index (χ4v) is 2.58. The number of primary amides is 1. The van der Waals surface area contributed by atoms with Crippen LogP contribution >= 0.6 is 0 Å². The molecule has 1 saturated carbocycles. The molecule has 0 aliphatic heterocycles. The molecule has 0 spiro atoms. The Morgan fingerprint density at radius 3 is 2.78 bits per heavy atom. The first kappa shape index (κ1) is 15.4. The molecule has 1 fully saturated rings. The lowest BCUT2D eigenvalue weighted by molar-refractivity contribution is -0.124. The van der Waals surface area contributed by atoms with Crippen molar-refractivity contribution in [2.24, 2.45) is 11.7 Å². The van der Waals surface area contributed by atoms with Crippen LogP contribution in [-0.2, 0) is 9.53 Å². The van der Waals surface area contributed by atoms with Gasteiger partial charge in [-0.15, -0.1) is 0 Å². The second-order valence-electron chi connectivity index (χ2n) is 5.81. The van der Waals surface area contributed by atoms with Crippen molar-refractivity contribution < 1.29 is 9.53 Å². The van der Waals surface area contributed by atoms with E-state index < -0.39 is 5.54 Å².